The molecule has 0 atom stereocenters. The lowest BCUT2D eigenvalue weighted by Gasteiger charge is -2.12. The van der Waals surface area contributed by atoms with E-state index in [4.69, 9.17) is 0 Å². The number of carbonyl (C=O) groups excluding carboxylic acids is 1. The zero-order valence-corrected chi connectivity index (χ0v) is 18.3. The number of benzene rings is 3. The highest BCUT2D eigenvalue weighted by Crippen LogP contribution is 2.22. The van der Waals surface area contributed by atoms with Gasteiger partial charge in [-0.2, -0.15) is 0 Å². The van der Waals surface area contributed by atoms with Gasteiger partial charge in [-0.25, -0.2) is 8.42 Å². The van der Waals surface area contributed by atoms with Gasteiger partial charge >= 0.3 is 0 Å². The van der Waals surface area contributed by atoms with Gasteiger partial charge in [0.15, 0.2) is 0 Å². The molecule has 0 fully saturated rings. The summed E-state index contributed by atoms with van der Waals surface area (Å²) in [6.07, 6.45) is 0. The summed E-state index contributed by atoms with van der Waals surface area (Å²) in [6, 6.07) is 19.1. The minimum atomic E-state index is -3.82. The van der Waals surface area contributed by atoms with Crippen LogP contribution in [0.1, 0.15) is 21.5 Å². The molecule has 0 aromatic heterocycles. The molecule has 1 amide bonds. The summed E-state index contributed by atoms with van der Waals surface area (Å²) in [5.41, 5.74) is 2.99. The summed E-state index contributed by atoms with van der Waals surface area (Å²) in [6.45, 7) is 3.63. The third-order valence-corrected chi connectivity index (χ3v) is 6.39. The molecule has 0 saturated heterocycles. The molecular weight excluding hydrogens is 487 g/mol. The first kappa shape index (κ1) is 20.3. The van der Waals surface area contributed by atoms with Crippen molar-refractivity contribution in [3.63, 3.8) is 0 Å². The first-order chi connectivity index (χ1) is 13.2. The Kier molecular flexibility index (Phi) is 6.04. The number of hydrogen-bond acceptors (Lipinski definition) is 3. The summed E-state index contributed by atoms with van der Waals surface area (Å²) in [5.74, 6) is -0.368. The molecule has 0 aliphatic rings. The van der Waals surface area contributed by atoms with Gasteiger partial charge in [0.05, 0.1) is 4.90 Å². The Balaban J connectivity index is 1.86. The molecule has 0 heterocycles. The second-order valence-corrected chi connectivity index (χ2v) is 9.31. The number of sulfonamides is 1. The van der Waals surface area contributed by atoms with Crippen LogP contribution in [0.5, 0.6) is 0 Å². The molecule has 7 heteroatoms. The Morgan fingerprint density at radius 3 is 2.11 bits per heavy atom. The van der Waals surface area contributed by atoms with E-state index in [0.29, 0.717) is 16.9 Å². The highest BCUT2D eigenvalue weighted by atomic mass is 127. The summed E-state index contributed by atoms with van der Waals surface area (Å²) < 4.78 is 29.3. The minimum Gasteiger partial charge on any atom is -0.322 e. The van der Waals surface area contributed by atoms with E-state index in [1.54, 1.807) is 43.3 Å². The van der Waals surface area contributed by atoms with Gasteiger partial charge in [-0.3, -0.25) is 9.52 Å². The van der Waals surface area contributed by atoms with Crippen LogP contribution in [0.4, 0.5) is 11.4 Å². The molecule has 144 valence electrons. The maximum absolute atomic E-state index is 12.8. The van der Waals surface area contributed by atoms with Crippen LogP contribution in [0.3, 0.4) is 0 Å². The second kappa shape index (κ2) is 8.32. The number of hydrogen-bond donors (Lipinski definition) is 2. The third kappa shape index (κ3) is 4.90. The predicted octanol–water partition coefficient (Wildman–Crippen LogP) is 4.96. The zero-order chi connectivity index (χ0) is 20.3. The average Bonchev–Trinajstić information content (AvgIpc) is 2.65. The van der Waals surface area contributed by atoms with Crippen LogP contribution in [-0.4, -0.2) is 14.3 Å². The minimum absolute atomic E-state index is 0.0725. The van der Waals surface area contributed by atoms with Crippen LogP contribution in [0.25, 0.3) is 0 Å². The van der Waals surface area contributed by atoms with Crippen LogP contribution in [0, 0.1) is 17.4 Å². The van der Waals surface area contributed by atoms with Gasteiger partial charge in [0.2, 0.25) is 0 Å². The molecule has 0 bridgehead atoms. The van der Waals surface area contributed by atoms with E-state index >= 15 is 0 Å². The molecule has 2 N–H and O–H groups in total. The van der Waals surface area contributed by atoms with Crippen LogP contribution in [0.15, 0.2) is 71.6 Å². The highest BCUT2D eigenvalue weighted by molar-refractivity contribution is 14.1. The first-order valence-corrected chi connectivity index (χ1v) is 11.1. The summed E-state index contributed by atoms with van der Waals surface area (Å²) in [4.78, 5) is 12.6. The molecule has 3 aromatic rings. The molecule has 0 saturated carbocycles. The van der Waals surface area contributed by atoms with Crippen molar-refractivity contribution in [2.75, 3.05) is 10.0 Å². The number of anilines is 2. The Bertz CT molecular complexity index is 1110. The van der Waals surface area contributed by atoms with Crippen molar-refractivity contribution >= 4 is 49.9 Å². The van der Waals surface area contributed by atoms with Crippen molar-refractivity contribution in [2.24, 2.45) is 0 Å². The lowest BCUT2D eigenvalue weighted by Crippen LogP contribution is -2.17. The van der Waals surface area contributed by atoms with Crippen LogP contribution >= 0.6 is 22.6 Å². The monoisotopic (exact) mass is 506 g/mol. The fraction of sp³-hybridized carbons (Fsp3) is 0.0952. The normalized spacial score (nSPS) is 11.1. The number of rotatable bonds is 5. The molecule has 28 heavy (non-hydrogen) atoms. The van der Waals surface area contributed by atoms with E-state index in [2.05, 4.69) is 32.6 Å². The van der Waals surface area contributed by atoms with E-state index in [-0.39, 0.29) is 16.4 Å². The lowest BCUT2D eigenvalue weighted by atomic mass is 10.1. The van der Waals surface area contributed by atoms with E-state index in [0.717, 1.165) is 9.13 Å². The van der Waals surface area contributed by atoms with E-state index in [9.17, 15) is 13.2 Å². The van der Waals surface area contributed by atoms with Crippen molar-refractivity contribution in [1.82, 2.24) is 0 Å². The highest BCUT2D eigenvalue weighted by Gasteiger charge is 2.19. The second-order valence-electron chi connectivity index (χ2n) is 6.41. The fourth-order valence-electron chi connectivity index (χ4n) is 2.60. The maximum Gasteiger partial charge on any atom is 0.262 e. The molecule has 0 spiro atoms. The smallest absolute Gasteiger partial charge is 0.262 e. The predicted molar refractivity (Wildman–Crippen MR) is 120 cm³/mol. The number of halogens is 1. The topological polar surface area (TPSA) is 75.3 Å². The number of nitrogens with one attached hydrogen (secondary N) is 2. The van der Waals surface area contributed by atoms with Crippen LogP contribution in [-0.2, 0) is 10.0 Å². The van der Waals surface area contributed by atoms with Gasteiger partial charge in [0, 0.05) is 20.5 Å². The summed E-state index contributed by atoms with van der Waals surface area (Å²) >= 11 is 2.18. The standard InChI is InChI=1S/C21H19IN2O3S/c1-14-3-9-19(10-4-14)24-28(26,27)20-13-16(6-5-15(20)2)21(25)23-18-11-7-17(22)8-12-18/h3-13,24H,1-2H3,(H,23,25). The van der Waals surface area contributed by atoms with Crippen LogP contribution in [0.2, 0.25) is 0 Å². The largest absolute Gasteiger partial charge is 0.322 e. The van der Waals surface area contributed by atoms with Gasteiger partial charge in [0.25, 0.3) is 15.9 Å². The summed E-state index contributed by atoms with van der Waals surface area (Å²) in [5, 5.41) is 2.78. The molecule has 0 aliphatic carbocycles. The van der Waals surface area contributed by atoms with Crippen molar-refractivity contribution in [1.29, 1.82) is 0 Å². The van der Waals surface area contributed by atoms with E-state index in [1.807, 2.05) is 31.2 Å². The Labute approximate surface area is 178 Å². The van der Waals surface area contributed by atoms with Crippen molar-refractivity contribution < 1.29 is 13.2 Å². The fourth-order valence-corrected chi connectivity index (χ4v) is 4.29. The summed E-state index contributed by atoms with van der Waals surface area (Å²) in [7, 11) is -3.82. The zero-order valence-electron chi connectivity index (χ0n) is 15.4. The van der Waals surface area contributed by atoms with Crippen molar-refractivity contribution in [3.8, 4) is 0 Å². The molecule has 0 aliphatic heterocycles. The van der Waals surface area contributed by atoms with Crippen molar-refractivity contribution in [2.45, 2.75) is 18.7 Å². The van der Waals surface area contributed by atoms with Gasteiger partial charge in [-0.1, -0.05) is 23.8 Å². The molecule has 3 aromatic carbocycles. The molecule has 0 radical (unpaired) electrons. The van der Waals surface area contributed by atoms with Crippen LogP contribution < -0.4 is 10.0 Å². The first-order valence-electron chi connectivity index (χ1n) is 8.52. The molecular formula is C21H19IN2O3S. The molecule has 0 unspecified atom stereocenters. The quantitative estimate of drug-likeness (QED) is 0.481. The molecule has 5 nitrogen and oxygen atoms in total. The van der Waals surface area contributed by atoms with Crippen molar-refractivity contribution in [3.05, 3.63) is 87.0 Å². The molecule has 3 rings (SSSR count). The number of aryl methyl sites for hydroxylation is 2. The number of amides is 1. The average molecular weight is 506 g/mol. The SMILES string of the molecule is Cc1ccc(NS(=O)(=O)c2cc(C(=O)Nc3ccc(I)cc3)ccc2C)cc1. The number of carbonyl (C=O) groups is 1. The third-order valence-electron chi connectivity index (χ3n) is 4.15. The Morgan fingerprint density at radius 1 is 0.857 bits per heavy atom. The van der Waals surface area contributed by atoms with Gasteiger partial charge < -0.3 is 5.32 Å². The van der Waals surface area contributed by atoms with Gasteiger partial charge in [0.1, 0.15) is 0 Å². The van der Waals surface area contributed by atoms with Gasteiger partial charge in [-0.05, 0) is 90.5 Å². The van der Waals surface area contributed by atoms with Gasteiger partial charge in [-0.15, -0.1) is 0 Å². The van der Waals surface area contributed by atoms with E-state index in [1.165, 1.54) is 6.07 Å². The lowest BCUT2D eigenvalue weighted by molar-refractivity contribution is 0.102. The Morgan fingerprint density at radius 2 is 1.46 bits per heavy atom. The Hall–Kier alpha value is -2.39. The maximum atomic E-state index is 12.8. The van der Waals surface area contributed by atoms with E-state index < -0.39 is 10.0 Å².